The second kappa shape index (κ2) is 8.58. The average molecular weight is 369 g/mol. The predicted molar refractivity (Wildman–Crippen MR) is 100 cm³/mol. The fourth-order valence-electron chi connectivity index (χ4n) is 2.96. The zero-order valence-corrected chi connectivity index (χ0v) is 15.2. The summed E-state index contributed by atoms with van der Waals surface area (Å²) < 4.78 is 10.7. The van der Waals surface area contributed by atoms with Crippen LogP contribution in [0.25, 0.3) is 0 Å². The predicted octanol–water partition coefficient (Wildman–Crippen LogP) is 3.43. The number of carbonyl (C=O) groups excluding carboxylic acids is 1. The molecule has 142 valence electrons. The average Bonchev–Trinajstić information content (AvgIpc) is 3.50. The molecule has 1 atom stereocenters. The molecular formula is C21H23NO5. The van der Waals surface area contributed by atoms with Crippen molar-refractivity contribution in [2.24, 2.45) is 5.92 Å². The lowest BCUT2D eigenvalue weighted by Crippen LogP contribution is -2.29. The topological polar surface area (TPSA) is 84.9 Å². The molecule has 0 bridgehead atoms. The summed E-state index contributed by atoms with van der Waals surface area (Å²) in [5.41, 5.74) is 1.54. The van der Waals surface area contributed by atoms with Crippen molar-refractivity contribution < 1.29 is 24.2 Å². The van der Waals surface area contributed by atoms with Crippen LogP contribution in [0.1, 0.15) is 41.7 Å². The molecular weight excluding hydrogens is 346 g/mol. The Morgan fingerprint density at radius 1 is 1.11 bits per heavy atom. The number of ether oxygens (including phenoxy) is 2. The molecule has 6 nitrogen and oxygen atoms in total. The number of nitrogens with one attached hydrogen (secondary N) is 1. The Morgan fingerprint density at radius 3 is 2.48 bits per heavy atom. The molecule has 0 spiro atoms. The highest BCUT2D eigenvalue weighted by Crippen LogP contribution is 2.41. The number of amides is 1. The van der Waals surface area contributed by atoms with E-state index in [1.807, 2.05) is 37.3 Å². The number of rotatable bonds is 9. The zero-order chi connectivity index (χ0) is 19.2. The summed E-state index contributed by atoms with van der Waals surface area (Å²) in [5, 5.41) is 11.9. The minimum absolute atomic E-state index is 0.0165. The summed E-state index contributed by atoms with van der Waals surface area (Å²) in [6.45, 7) is 1.72. The first-order valence-electron chi connectivity index (χ1n) is 9.05. The summed E-state index contributed by atoms with van der Waals surface area (Å²) in [4.78, 5) is 23.5. The van der Waals surface area contributed by atoms with E-state index < -0.39 is 12.6 Å². The van der Waals surface area contributed by atoms with Crippen molar-refractivity contribution in [2.75, 3.05) is 13.2 Å². The van der Waals surface area contributed by atoms with Crippen molar-refractivity contribution in [1.82, 2.24) is 5.32 Å². The Morgan fingerprint density at radius 2 is 1.85 bits per heavy atom. The van der Waals surface area contributed by atoms with Crippen molar-refractivity contribution in [1.29, 1.82) is 0 Å². The fraction of sp³-hybridized carbons (Fsp3) is 0.333. The summed E-state index contributed by atoms with van der Waals surface area (Å²) in [6.07, 6.45) is 2.21. The van der Waals surface area contributed by atoms with Crippen molar-refractivity contribution in [2.45, 2.75) is 25.8 Å². The third-order valence-electron chi connectivity index (χ3n) is 4.40. The smallest absolute Gasteiger partial charge is 0.341 e. The van der Waals surface area contributed by atoms with Crippen molar-refractivity contribution in [3.63, 3.8) is 0 Å². The first-order chi connectivity index (χ1) is 13.1. The van der Waals surface area contributed by atoms with E-state index in [4.69, 9.17) is 14.6 Å². The van der Waals surface area contributed by atoms with Crippen LogP contribution in [-0.4, -0.2) is 30.2 Å². The van der Waals surface area contributed by atoms with Crippen LogP contribution in [0, 0.1) is 5.92 Å². The number of benzene rings is 2. The maximum absolute atomic E-state index is 12.8. The highest BCUT2D eigenvalue weighted by Gasteiger charge is 2.33. The Kier molecular flexibility index (Phi) is 5.96. The maximum Gasteiger partial charge on any atom is 0.341 e. The van der Waals surface area contributed by atoms with Gasteiger partial charge in [0.2, 0.25) is 0 Å². The van der Waals surface area contributed by atoms with Crippen LogP contribution in [0.2, 0.25) is 0 Å². The van der Waals surface area contributed by atoms with Gasteiger partial charge in [0, 0.05) is 5.56 Å². The molecule has 1 aliphatic rings. The van der Waals surface area contributed by atoms with E-state index in [9.17, 15) is 9.59 Å². The van der Waals surface area contributed by atoms with Gasteiger partial charge in [0.25, 0.3) is 5.91 Å². The molecule has 0 heterocycles. The molecule has 1 saturated carbocycles. The highest BCUT2D eigenvalue weighted by atomic mass is 16.5. The second-order valence-electron chi connectivity index (χ2n) is 6.48. The molecule has 2 aromatic carbocycles. The van der Waals surface area contributed by atoms with Gasteiger partial charge in [0.1, 0.15) is 0 Å². The van der Waals surface area contributed by atoms with Crippen molar-refractivity contribution in [3.05, 3.63) is 59.7 Å². The second-order valence-corrected chi connectivity index (χ2v) is 6.48. The van der Waals surface area contributed by atoms with E-state index in [2.05, 4.69) is 5.32 Å². The van der Waals surface area contributed by atoms with Gasteiger partial charge >= 0.3 is 5.97 Å². The maximum atomic E-state index is 12.8. The van der Waals surface area contributed by atoms with Crippen LogP contribution < -0.4 is 14.8 Å². The van der Waals surface area contributed by atoms with Gasteiger partial charge < -0.3 is 19.9 Å². The van der Waals surface area contributed by atoms with Crippen molar-refractivity contribution in [3.8, 4) is 11.5 Å². The molecule has 27 heavy (non-hydrogen) atoms. The Bertz CT molecular complexity index is 801. The molecule has 2 aromatic rings. The molecule has 0 radical (unpaired) electrons. The van der Waals surface area contributed by atoms with E-state index in [0.717, 1.165) is 18.4 Å². The number of carbonyl (C=O) groups is 2. The third kappa shape index (κ3) is 5.00. The number of hydrogen-bond donors (Lipinski definition) is 2. The molecule has 0 saturated heterocycles. The molecule has 0 aromatic heterocycles. The monoisotopic (exact) mass is 369 g/mol. The summed E-state index contributed by atoms with van der Waals surface area (Å²) >= 11 is 0. The van der Waals surface area contributed by atoms with Gasteiger partial charge in [-0.15, -0.1) is 0 Å². The first-order valence-corrected chi connectivity index (χ1v) is 9.05. The van der Waals surface area contributed by atoms with E-state index >= 15 is 0 Å². The SMILES string of the molecule is CCOc1cc(C(=O)NC(c2ccccc2)C2CC2)ccc1OCC(=O)O. The molecule has 0 aliphatic heterocycles. The summed E-state index contributed by atoms with van der Waals surface area (Å²) in [6, 6.07) is 14.7. The quantitative estimate of drug-likeness (QED) is 0.707. The van der Waals surface area contributed by atoms with Gasteiger partial charge in [-0.3, -0.25) is 4.79 Å². The van der Waals surface area contributed by atoms with E-state index in [1.165, 1.54) is 0 Å². The molecule has 3 rings (SSSR count). The summed E-state index contributed by atoms with van der Waals surface area (Å²) in [7, 11) is 0. The normalized spacial score (nSPS) is 14.3. The first kappa shape index (κ1) is 18.8. The van der Waals surface area contributed by atoms with Crippen LogP contribution in [-0.2, 0) is 4.79 Å². The Hall–Kier alpha value is -3.02. The van der Waals surface area contributed by atoms with Crippen LogP contribution >= 0.6 is 0 Å². The van der Waals surface area contributed by atoms with E-state index in [-0.39, 0.29) is 11.9 Å². The standard InChI is InChI=1S/C21H23NO5/c1-2-26-18-12-16(10-11-17(18)27-13-19(23)24)21(25)22-20(15-8-9-15)14-6-4-3-5-7-14/h3-7,10-12,15,20H,2,8-9,13H2,1H3,(H,22,25)(H,23,24). The molecule has 6 heteroatoms. The Labute approximate surface area is 158 Å². The molecule has 1 amide bonds. The van der Waals surface area contributed by atoms with Gasteiger partial charge in [0.05, 0.1) is 12.6 Å². The molecule has 1 unspecified atom stereocenters. The Balaban J connectivity index is 1.77. The molecule has 2 N–H and O–H groups in total. The third-order valence-corrected chi connectivity index (χ3v) is 4.40. The zero-order valence-electron chi connectivity index (χ0n) is 15.2. The van der Waals surface area contributed by atoms with Crippen LogP contribution in [0.4, 0.5) is 0 Å². The van der Waals surface area contributed by atoms with E-state index in [0.29, 0.717) is 29.6 Å². The van der Waals surface area contributed by atoms with Gasteiger partial charge in [-0.05, 0) is 49.4 Å². The highest BCUT2D eigenvalue weighted by molar-refractivity contribution is 5.95. The fourth-order valence-corrected chi connectivity index (χ4v) is 2.96. The largest absolute Gasteiger partial charge is 0.490 e. The molecule has 1 fully saturated rings. The minimum atomic E-state index is -1.07. The number of hydrogen-bond acceptors (Lipinski definition) is 4. The number of carboxylic acid groups (broad SMARTS) is 1. The number of carboxylic acids is 1. The van der Waals surface area contributed by atoms with Gasteiger partial charge in [-0.2, -0.15) is 0 Å². The minimum Gasteiger partial charge on any atom is -0.490 e. The number of aliphatic carboxylic acids is 1. The van der Waals surface area contributed by atoms with E-state index in [1.54, 1.807) is 18.2 Å². The molecule has 1 aliphatic carbocycles. The van der Waals surface area contributed by atoms with Gasteiger partial charge in [-0.25, -0.2) is 4.79 Å². The lowest BCUT2D eigenvalue weighted by molar-refractivity contribution is -0.139. The lowest BCUT2D eigenvalue weighted by Gasteiger charge is -2.19. The van der Waals surface area contributed by atoms with Crippen molar-refractivity contribution >= 4 is 11.9 Å². The van der Waals surface area contributed by atoms with Crippen LogP contribution in [0.5, 0.6) is 11.5 Å². The van der Waals surface area contributed by atoms with Gasteiger partial charge in [-0.1, -0.05) is 30.3 Å². The van der Waals surface area contributed by atoms with Crippen LogP contribution in [0.3, 0.4) is 0 Å². The summed E-state index contributed by atoms with van der Waals surface area (Å²) in [5.74, 6) is -0.150. The van der Waals surface area contributed by atoms with Gasteiger partial charge in [0.15, 0.2) is 18.1 Å². The lowest BCUT2D eigenvalue weighted by atomic mass is 10.0. The van der Waals surface area contributed by atoms with Crippen LogP contribution in [0.15, 0.2) is 48.5 Å².